The minimum atomic E-state index is -0.995. The van der Waals surface area contributed by atoms with Crippen molar-refractivity contribution < 1.29 is 10.2 Å². The van der Waals surface area contributed by atoms with E-state index in [4.69, 9.17) is 0 Å². The van der Waals surface area contributed by atoms with E-state index in [1.807, 2.05) is 25.1 Å². The Morgan fingerprint density at radius 3 is 2.73 bits per heavy atom. The van der Waals surface area contributed by atoms with Gasteiger partial charge in [0.05, 0.1) is 18.8 Å². The summed E-state index contributed by atoms with van der Waals surface area (Å²) in [5.41, 5.74) is -0.296. The van der Waals surface area contributed by atoms with Gasteiger partial charge in [-0.2, -0.15) is 5.10 Å². The summed E-state index contributed by atoms with van der Waals surface area (Å²) in [4.78, 5) is 3.96. The Kier molecular flexibility index (Phi) is 4.02. The maximum absolute atomic E-state index is 11.5. The molecule has 3 unspecified atom stereocenters. The van der Waals surface area contributed by atoms with Crippen molar-refractivity contribution in [2.75, 3.05) is 6.61 Å². The van der Waals surface area contributed by atoms with Crippen LogP contribution in [0.15, 0.2) is 43.0 Å². The summed E-state index contributed by atoms with van der Waals surface area (Å²) in [5.74, 6) is 0.0937. The Labute approximate surface area is 130 Å². The van der Waals surface area contributed by atoms with Gasteiger partial charge in [0.25, 0.3) is 0 Å². The number of nitrogens with zero attached hydrogens (tertiary/aromatic N) is 3. The molecular formula is C17H23N3O2. The molecule has 1 aliphatic carbocycles. The lowest BCUT2D eigenvalue weighted by Gasteiger charge is -2.42. The van der Waals surface area contributed by atoms with Gasteiger partial charge in [-0.3, -0.25) is 4.68 Å². The monoisotopic (exact) mass is 301 g/mol. The molecule has 0 spiro atoms. The van der Waals surface area contributed by atoms with Crippen LogP contribution >= 0.6 is 0 Å². The molecule has 1 fully saturated rings. The Morgan fingerprint density at radius 1 is 1.32 bits per heavy atom. The van der Waals surface area contributed by atoms with Gasteiger partial charge in [0, 0.05) is 5.41 Å². The van der Waals surface area contributed by atoms with Crippen molar-refractivity contribution in [3.63, 3.8) is 0 Å². The molecule has 1 saturated carbocycles. The van der Waals surface area contributed by atoms with Gasteiger partial charge in [-0.05, 0) is 30.7 Å². The van der Waals surface area contributed by atoms with E-state index >= 15 is 0 Å². The first-order chi connectivity index (χ1) is 10.6. The molecule has 0 bridgehead atoms. The fraction of sp³-hybridized carbons (Fsp3) is 0.529. The molecule has 0 radical (unpaired) electrons. The minimum absolute atomic E-state index is 0.0243. The van der Waals surface area contributed by atoms with Gasteiger partial charge < -0.3 is 10.2 Å². The van der Waals surface area contributed by atoms with Crippen LogP contribution in [-0.4, -0.2) is 37.2 Å². The predicted octanol–water partition coefficient (Wildman–Crippen LogP) is 1.66. The van der Waals surface area contributed by atoms with E-state index in [-0.39, 0.29) is 12.5 Å². The van der Waals surface area contributed by atoms with E-state index < -0.39 is 11.0 Å². The first kappa shape index (κ1) is 15.2. The third-order valence-corrected chi connectivity index (χ3v) is 5.31. The molecule has 5 nitrogen and oxygen atoms in total. The highest BCUT2D eigenvalue weighted by molar-refractivity contribution is 5.18. The molecular weight excluding hydrogens is 278 g/mol. The van der Waals surface area contributed by atoms with Crippen molar-refractivity contribution in [1.82, 2.24) is 14.8 Å². The second-order valence-electron chi connectivity index (χ2n) is 6.66. The maximum Gasteiger partial charge on any atom is 0.137 e. The molecule has 0 saturated heterocycles. The zero-order chi connectivity index (χ0) is 15.6. The molecule has 118 valence electrons. The van der Waals surface area contributed by atoms with E-state index in [1.54, 1.807) is 11.0 Å². The Balaban J connectivity index is 1.88. The molecule has 2 N–H and O–H groups in total. The molecule has 1 aromatic carbocycles. The van der Waals surface area contributed by atoms with Crippen LogP contribution in [-0.2, 0) is 13.0 Å². The molecule has 1 aliphatic rings. The van der Waals surface area contributed by atoms with Gasteiger partial charge in [0.2, 0.25) is 0 Å². The van der Waals surface area contributed by atoms with Gasteiger partial charge in [0.1, 0.15) is 12.7 Å². The SMILES string of the molecule is CC1(CO)CCC(Cc2ccccc2)C1(O)Cn1cncn1. The second kappa shape index (κ2) is 5.82. The number of hydrogen-bond acceptors (Lipinski definition) is 4. The highest BCUT2D eigenvalue weighted by Gasteiger charge is 2.56. The van der Waals surface area contributed by atoms with Gasteiger partial charge in [0.15, 0.2) is 0 Å². The lowest BCUT2D eigenvalue weighted by molar-refractivity contribution is -0.116. The number of hydrogen-bond donors (Lipinski definition) is 2. The van der Waals surface area contributed by atoms with Crippen molar-refractivity contribution in [3.8, 4) is 0 Å². The fourth-order valence-corrected chi connectivity index (χ4v) is 3.71. The van der Waals surface area contributed by atoms with Crippen molar-refractivity contribution >= 4 is 0 Å². The van der Waals surface area contributed by atoms with E-state index in [2.05, 4.69) is 22.2 Å². The summed E-state index contributed by atoms with van der Waals surface area (Å²) in [6, 6.07) is 10.2. The second-order valence-corrected chi connectivity index (χ2v) is 6.66. The van der Waals surface area contributed by atoms with Gasteiger partial charge >= 0.3 is 0 Å². The molecule has 0 amide bonds. The summed E-state index contributed by atoms with van der Waals surface area (Å²) >= 11 is 0. The van der Waals surface area contributed by atoms with Crippen LogP contribution in [0.3, 0.4) is 0 Å². The van der Waals surface area contributed by atoms with Crippen LogP contribution in [0.25, 0.3) is 0 Å². The van der Waals surface area contributed by atoms with Gasteiger partial charge in [-0.15, -0.1) is 0 Å². The molecule has 1 aromatic heterocycles. The third kappa shape index (κ3) is 2.55. The summed E-state index contributed by atoms with van der Waals surface area (Å²) < 4.78 is 1.66. The summed E-state index contributed by atoms with van der Waals surface area (Å²) in [5, 5.41) is 25.5. The standard InChI is InChI=1S/C17H23N3O2/c1-16(11-21)8-7-15(9-14-5-3-2-4-6-14)17(16,22)10-20-13-18-12-19-20/h2-6,12-13,15,21-22H,7-11H2,1H3. The van der Waals surface area contributed by atoms with E-state index in [1.165, 1.54) is 11.9 Å². The third-order valence-electron chi connectivity index (χ3n) is 5.31. The number of aromatic nitrogens is 3. The molecule has 3 atom stereocenters. The fourth-order valence-electron chi connectivity index (χ4n) is 3.71. The van der Waals surface area contributed by atoms with E-state index in [0.29, 0.717) is 6.54 Å². The lowest BCUT2D eigenvalue weighted by atomic mass is 9.71. The van der Waals surface area contributed by atoms with Crippen LogP contribution in [0.1, 0.15) is 25.3 Å². The number of benzene rings is 1. The number of aliphatic hydroxyl groups excluding tert-OH is 1. The highest BCUT2D eigenvalue weighted by Crippen LogP contribution is 2.51. The van der Waals surface area contributed by atoms with Crippen molar-refractivity contribution in [2.45, 2.75) is 38.3 Å². The largest absolute Gasteiger partial charge is 0.396 e. The maximum atomic E-state index is 11.5. The first-order valence-corrected chi connectivity index (χ1v) is 7.77. The molecule has 22 heavy (non-hydrogen) atoms. The highest BCUT2D eigenvalue weighted by atomic mass is 16.3. The zero-order valence-corrected chi connectivity index (χ0v) is 12.9. The number of aliphatic hydroxyl groups is 2. The number of rotatable bonds is 5. The van der Waals surface area contributed by atoms with E-state index in [0.717, 1.165) is 19.3 Å². The average molecular weight is 301 g/mol. The van der Waals surface area contributed by atoms with E-state index in [9.17, 15) is 10.2 Å². The molecule has 0 aliphatic heterocycles. The normalized spacial score (nSPS) is 31.5. The first-order valence-electron chi connectivity index (χ1n) is 7.77. The summed E-state index contributed by atoms with van der Waals surface area (Å²) in [6.45, 7) is 2.31. The van der Waals surface area contributed by atoms with Crippen LogP contribution in [0.4, 0.5) is 0 Å². The van der Waals surface area contributed by atoms with Crippen molar-refractivity contribution in [2.24, 2.45) is 11.3 Å². The minimum Gasteiger partial charge on any atom is -0.396 e. The quantitative estimate of drug-likeness (QED) is 0.881. The summed E-state index contributed by atoms with van der Waals surface area (Å²) in [7, 11) is 0. The van der Waals surface area contributed by atoms with Crippen LogP contribution in [0.5, 0.6) is 0 Å². The molecule has 5 heteroatoms. The van der Waals surface area contributed by atoms with Gasteiger partial charge in [-0.25, -0.2) is 4.98 Å². The van der Waals surface area contributed by atoms with Crippen molar-refractivity contribution in [1.29, 1.82) is 0 Å². The lowest BCUT2D eigenvalue weighted by Crippen LogP contribution is -2.52. The average Bonchev–Trinajstić information content (AvgIpc) is 3.11. The Bertz CT molecular complexity index is 602. The topological polar surface area (TPSA) is 71.2 Å². The van der Waals surface area contributed by atoms with Crippen LogP contribution in [0, 0.1) is 11.3 Å². The molecule has 2 aromatic rings. The molecule has 1 heterocycles. The van der Waals surface area contributed by atoms with Crippen molar-refractivity contribution in [3.05, 3.63) is 48.5 Å². The van der Waals surface area contributed by atoms with Gasteiger partial charge in [-0.1, -0.05) is 37.3 Å². The Morgan fingerprint density at radius 2 is 2.09 bits per heavy atom. The Hall–Kier alpha value is -1.72. The van der Waals surface area contributed by atoms with Crippen LogP contribution < -0.4 is 0 Å². The smallest absolute Gasteiger partial charge is 0.137 e. The molecule has 3 rings (SSSR count). The summed E-state index contributed by atoms with van der Waals surface area (Å²) in [6.07, 6.45) is 5.61. The zero-order valence-electron chi connectivity index (χ0n) is 12.9. The van der Waals surface area contributed by atoms with Crippen LogP contribution in [0.2, 0.25) is 0 Å². The predicted molar refractivity (Wildman–Crippen MR) is 83.0 cm³/mol.